The number of hydrogen-bond donors (Lipinski definition) is 0. The molecule has 3 aliphatic rings. The molecule has 0 aromatic heterocycles. The van der Waals surface area contributed by atoms with Crippen LogP contribution in [-0.2, 0) is 14.3 Å². The van der Waals surface area contributed by atoms with E-state index in [1.165, 1.54) is 13.3 Å². The molecule has 2 aliphatic heterocycles. The lowest BCUT2D eigenvalue weighted by Crippen LogP contribution is -2.52. The van der Waals surface area contributed by atoms with E-state index in [2.05, 4.69) is 32.1 Å². The molecule has 0 saturated carbocycles. The van der Waals surface area contributed by atoms with Crippen molar-refractivity contribution in [3.63, 3.8) is 0 Å². The highest BCUT2D eigenvalue weighted by Gasteiger charge is 2.47. The van der Waals surface area contributed by atoms with Gasteiger partial charge in [0, 0.05) is 12.8 Å². The average molecular weight is 278 g/mol. The number of rotatable bonds is 5. The van der Waals surface area contributed by atoms with E-state index in [9.17, 15) is 4.79 Å². The van der Waals surface area contributed by atoms with Crippen molar-refractivity contribution in [2.24, 2.45) is 5.92 Å². The van der Waals surface area contributed by atoms with Gasteiger partial charge in [-0.25, -0.2) is 0 Å². The second kappa shape index (κ2) is 5.72. The third-order valence-electron chi connectivity index (χ3n) is 4.52. The monoisotopic (exact) mass is 278 g/mol. The summed E-state index contributed by atoms with van der Waals surface area (Å²) in [6, 6.07) is 0. The molecule has 112 valence electrons. The standard InChI is InChI=1S/C17H26O3/c1-13(12-19-14(2)18)6-5-9-17(4)15-7-10-16(3,20-17)11-8-15/h6-7,10,15H,5,8-9,11-12H2,1-4H3/b13-6+/t15-,16+,17-/m0/s1. The first-order valence-electron chi connectivity index (χ1n) is 7.52. The molecule has 1 fully saturated rings. The summed E-state index contributed by atoms with van der Waals surface area (Å²) in [6.45, 7) is 8.25. The molecule has 1 aliphatic carbocycles. The van der Waals surface area contributed by atoms with E-state index in [-0.39, 0.29) is 17.2 Å². The molecule has 0 amide bonds. The number of fused-ring (bicyclic) bond motifs is 2. The third kappa shape index (κ3) is 3.51. The Balaban J connectivity index is 1.86. The van der Waals surface area contributed by atoms with Gasteiger partial charge in [0.15, 0.2) is 0 Å². The van der Waals surface area contributed by atoms with Gasteiger partial charge in [-0.15, -0.1) is 0 Å². The van der Waals surface area contributed by atoms with Crippen LogP contribution in [0.3, 0.4) is 0 Å². The van der Waals surface area contributed by atoms with Gasteiger partial charge in [-0.1, -0.05) is 18.2 Å². The minimum Gasteiger partial charge on any atom is -0.461 e. The largest absolute Gasteiger partial charge is 0.461 e. The Labute approximate surface area is 122 Å². The summed E-state index contributed by atoms with van der Waals surface area (Å²) in [5.74, 6) is 0.308. The molecule has 0 spiro atoms. The Hall–Kier alpha value is -1.09. The lowest BCUT2D eigenvalue weighted by atomic mass is 9.71. The maximum atomic E-state index is 10.8. The summed E-state index contributed by atoms with van der Waals surface area (Å²) in [4.78, 5) is 10.8. The van der Waals surface area contributed by atoms with E-state index >= 15 is 0 Å². The van der Waals surface area contributed by atoms with E-state index in [4.69, 9.17) is 9.47 Å². The van der Waals surface area contributed by atoms with Crippen LogP contribution in [0.4, 0.5) is 0 Å². The first-order valence-corrected chi connectivity index (χ1v) is 7.52. The number of ether oxygens (including phenoxy) is 2. The van der Waals surface area contributed by atoms with Gasteiger partial charge in [-0.3, -0.25) is 4.79 Å². The fourth-order valence-electron chi connectivity index (χ4n) is 3.26. The topological polar surface area (TPSA) is 35.5 Å². The van der Waals surface area contributed by atoms with Crippen LogP contribution in [0.1, 0.15) is 53.4 Å². The van der Waals surface area contributed by atoms with E-state index in [1.807, 2.05) is 6.92 Å². The van der Waals surface area contributed by atoms with Crippen molar-refractivity contribution in [2.75, 3.05) is 6.61 Å². The zero-order valence-electron chi connectivity index (χ0n) is 13.1. The van der Waals surface area contributed by atoms with Crippen molar-refractivity contribution >= 4 is 5.97 Å². The maximum absolute atomic E-state index is 10.8. The third-order valence-corrected chi connectivity index (χ3v) is 4.52. The molecule has 2 bridgehead atoms. The summed E-state index contributed by atoms with van der Waals surface area (Å²) in [6.07, 6.45) is 11.0. The van der Waals surface area contributed by atoms with Crippen LogP contribution in [0.25, 0.3) is 0 Å². The Morgan fingerprint density at radius 2 is 2.20 bits per heavy atom. The lowest BCUT2D eigenvalue weighted by Gasteiger charge is -2.52. The van der Waals surface area contributed by atoms with Crippen LogP contribution in [-0.4, -0.2) is 23.8 Å². The minimum absolute atomic E-state index is 0.0556. The van der Waals surface area contributed by atoms with Crippen molar-refractivity contribution in [1.82, 2.24) is 0 Å². The highest BCUT2D eigenvalue weighted by atomic mass is 16.5. The quantitative estimate of drug-likeness (QED) is 0.567. The van der Waals surface area contributed by atoms with Gasteiger partial charge in [0.2, 0.25) is 0 Å². The molecular weight excluding hydrogens is 252 g/mol. The molecule has 0 N–H and O–H groups in total. The van der Waals surface area contributed by atoms with Gasteiger partial charge < -0.3 is 9.47 Å². The average Bonchev–Trinajstić information content (AvgIpc) is 2.36. The summed E-state index contributed by atoms with van der Waals surface area (Å²) in [5.41, 5.74) is 0.978. The van der Waals surface area contributed by atoms with Gasteiger partial charge in [0.25, 0.3) is 0 Å². The number of carbonyl (C=O) groups excluding carboxylic acids is 1. The van der Waals surface area contributed by atoms with Crippen molar-refractivity contribution in [1.29, 1.82) is 0 Å². The summed E-state index contributed by atoms with van der Waals surface area (Å²) < 4.78 is 11.3. The number of esters is 1. The van der Waals surface area contributed by atoms with Crippen LogP contribution in [0.2, 0.25) is 0 Å². The molecule has 2 heterocycles. The number of hydrogen-bond acceptors (Lipinski definition) is 3. The van der Waals surface area contributed by atoms with Crippen molar-refractivity contribution < 1.29 is 14.3 Å². The molecule has 20 heavy (non-hydrogen) atoms. The fourth-order valence-corrected chi connectivity index (χ4v) is 3.26. The lowest BCUT2D eigenvalue weighted by molar-refractivity contribution is -0.184. The predicted octanol–water partition coefficient (Wildman–Crippen LogP) is 3.79. The zero-order chi connectivity index (χ0) is 14.8. The number of allylic oxidation sites excluding steroid dienone is 1. The van der Waals surface area contributed by atoms with Crippen LogP contribution in [0, 0.1) is 5.92 Å². The van der Waals surface area contributed by atoms with Crippen molar-refractivity contribution in [3.05, 3.63) is 23.8 Å². The normalized spacial score (nSPS) is 36.2. The fraction of sp³-hybridized carbons (Fsp3) is 0.706. The molecule has 3 rings (SSSR count). The predicted molar refractivity (Wildman–Crippen MR) is 79.4 cm³/mol. The first kappa shape index (κ1) is 15.3. The second-order valence-electron chi connectivity index (χ2n) is 6.60. The van der Waals surface area contributed by atoms with Crippen LogP contribution in [0.15, 0.2) is 23.8 Å². The van der Waals surface area contributed by atoms with Crippen molar-refractivity contribution in [3.8, 4) is 0 Å². The van der Waals surface area contributed by atoms with Crippen LogP contribution < -0.4 is 0 Å². The first-order chi connectivity index (χ1) is 9.33. The summed E-state index contributed by atoms with van der Waals surface area (Å²) >= 11 is 0. The van der Waals surface area contributed by atoms with E-state index in [0.29, 0.717) is 12.5 Å². The molecule has 0 radical (unpaired) electrons. The van der Waals surface area contributed by atoms with E-state index < -0.39 is 0 Å². The Morgan fingerprint density at radius 3 is 2.75 bits per heavy atom. The van der Waals surface area contributed by atoms with Crippen LogP contribution >= 0.6 is 0 Å². The molecule has 0 aromatic carbocycles. The highest BCUT2D eigenvalue weighted by molar-refractivity contribution is 5.66. The highest BCUT2D eigenvalue weighted by Crippen LogP contribution is 2.47. The molecular formula is C17H26O3. The molecule has 3 nitrogen and oxygen atoms in total. The Morgan fingerprint density at radius 1 is 1.45 bits per heavy atom. The van der Waals surface area contributed by atoms with Gasteiger partial charge in [0.05, 0.1) is 11.2 Å². The van der Waals surface area contributed by atoms with E-state index in [0.717, 1.165) is 24.8 Å². The number of carbonyl (C=O) groups is 1. The molecule has 0 aromatic rings. The SMILES string of the molecule is CC(=O)OC/C(C)=C/CC[C@]1(C)O[C@]2(C)C=C[C@H]1CC2. The summed E-state index contributed by atoms with van der Waals surface area (Å²) in [5, 5.41) is 0. The molecule has 0 unspecified atom stereocenters. The Bertz CT molecular complexity index is 438. The van der Waals surface area contributed by atoms with Gasteiger partial charge in [-0.05, 0) is 52.0 Å². The zero-order valence-corrected chi connectivity index (χ0v) is 13.1. The Kier molecular flexibility index (Phi) is 4.38. The smallest absolute Gasteiger partial charge is 0.302 e. The molecule has 3 atom stereocenters. The maximum Gasteiger partial charge on any atom is 0.302 e. The summed E-state index contributed by atoms with van der Waals surface area (Å²) in [7, 11) is 0. The van der Waals surface area contributed by atoms with E-state index in [1.54, 1.807) is 0 Å². The minimum atomic E-state index is -0.226. The molecule has 3 heteroatoms. The van der Waals surface area contributed by atoms with Crippen LogP contribution in [0.5, 0.6) is 0 Å². The van der Waals surface area contributed by atoms with Gasteiger partial charge >= 0.3 is 5.97 Å². The molecule has 1 saturated heterocycles. The van der Waals surface area contributed by atoms with Gasteiger partial charge in [0.1, 0.15) is 6.61 Å². The van der Waals surface area contributed by atoms with Gasteiger partial charge in [-0.2, -0.15) is 0 Å². The second-order valence-corrected chi connectivity index (χ2v) is 6.60. The van der Waals surface area contributed by atoms with Crippen molar-refractivity contribution in [2.45, 2.75) is 64.6 Å².